The van der Waals surface area contributed by atoms with Gasteiger partial charge in [-0.25, -0.2) is 19.5 Å². The van der Waals surface area contributed by atoms with E-state index < -0.39 is 24.4 Å². The molecule has 0 aromatic carbocycles. The van der Waals surface area contributed by atoms with Crippen LogP contribution in [0.25, 0.3) is 11.4 Å². The summed E-state index contributed by atoms with van der Waals surface area (Å²) in [5.74, 6) is 0.215. The highest BCUT2D eigenvalue weighted by molar-refractivity contribution is 7.46. The summed E-state index contributed by atoms with van der Waals surface area (Å²) < 4.78 is 18.0. The second-order valence-electron chi connectivity index (χ2n) is 9.34. The number of hydrogen-bond acceptors (Lipinski definition) is 8. The Morgan fingerprint density at radius 2 is 1.50 bits per heavy atom. The average molecular weight is 478 g/mol. The predicted molar refractivity (Wildman–Crippen MR) is 124 cm³/mol. The van der Waals surface area contributed by atoms with E-state index in [0.29, 0.717) is 16.5 Å². The lowest BCUT2D eigenvalue weighted by Gasteiger charge is -2.56. The Hall–Kier alpha value is -2.23. The van der Waals surface area contributed by atoms with Crippen molar-refractivity contribution in [2.45, 2.75) is 47.3 Å². The van der Waals surface area contributed by atoms with E-state index in [1.807, 2.05) is 65.1 Å². The third kappa shape index (κ3) is 4.74. The van der Waals surface area contributed by atoms with Gasteiger partial charge < -0.3 is 9.79 Å². The highest BCUT2D eigenvalue weighted by Gasteiger charge is 2.61. The summed E-state index contributed by atoms with van der Waals surface area (Å²) in [5.41, 5.74) is -1.92. The zero-order valence-corrected chi connectivity index (χ0v) is 20.6. The van der Waals surface area contributed by atoms with E-state index in [0.717, 1.165) is 0 Å². The van der Waals surface area contributed by atoms with Gasteiger partial charge in [-0.3, -0.25) is 14.4 Å². The number of pyridine rings is 1. The Morgan fingerprint density at radius 3 is 2.00 bits per heavy atom. The van der Waals surface area contributed by atoms with E-state index in [-0.39, 0.29) is 5.95 Å². The van der Waals surface area contributed by atoms with Gasteiger partial charge in [-0.1, -0.05) is 47.6 Å². The van der Waals surface area contributed by atoms with Crippen molar-refractivity contribution < 1.29 is 18.9 Å². The molecule has 11 heteroatoms. The molecule has 0 atom stereocenters. The van der Waals surface area contributed by atoms with Gasteiger partial charge in [0.05, 0.1) is 5.69 Å². The van der Waals surface area contributed by atoms with Crippen LogP contribution < -0.4 is 4.90 Å². The average Bonchev–Trinajstić information content (AvgIpc) is 3.16. The van der Waals surface area contributed by atoms with Crippen molar-refractivity contribution in [3.63, 3.8) is 0 Å². The molecule has 32 heavy (non-hydrogen) atoms. The summed E-state index contributed by atoms with van der Waals surface area (Å²) in [6.45, 7) is 11.1. The van der Waals surface area contributed by atoms with Crippen LogP contribution in [-0.2, 0) is 9.09 Å². The van der Waals surface area contributed by atoms with Crippen molar-refractivity contribution >= 4 is 30.2 Å². The predicted octanol–water partition coefficient (Wildman–Crippen LogP) is 5.03. The first kappa shape index (κ1) is 24.4. The molecule has 2 N–H and O–H groups in total. The van der Waals surface area contributed by atoms with Crippen molar-refractivity contribution in [2.24, 2.45) is 10.8 Å². The minimum atomic E-state index is -4.96. The lowest BCUT2D eigenvalue weighted by molar-refractivity contribution is -0.122. The summed E-state index contributed by atoms with van der Waals surface area (Å²) >= 11 is 1.29. The van der Waals surface area contributed by atoms with Gasteiger partial charge in [0.1, 0.15) is 5.69 Å². The SMILES string of the molecule is CC(C)(C)C(OP(=O)(O)O)(N(c1ncccn1)c1nc(-c2ccccn2)cs1)C(C)(C)C. The molecule has 0 saturated heterocycles. The molecule has 0 fully saturated rings. The minimum absolute atomic E-state index is 0.215. The van der Waals surface area contributed by atoms with Gasteiger partial charge >= 0.3 is 7.82 Å². The van der Waals surface area contributed by atoms with Gasteiger partial charge in [0.2, 0.25) is 5.95 Å². The number of thiazole rings is 1. The van der Waals surface area contributed by atoms with Crippen molar-refractivity contribution in [1.29, 1.82) is 0 Å². The molecule has 9 nitrogen and oxygen atoms in total. The Bertz CT molecular complexity index is 1080. The van der Waals surface area contributed by atoms with Crippen LogP contribution in [0.15, 0.2) is 48.2 Å². The number of phosphoric ester groups is 1. The van der Waals surface area contributed by atoms with E-state index in [9.17, 15) is 14.4 Å². The zero-order chi connectivity index (χ0) is 23.8. The third-order valence-corrected chi connectivity index (χ3v) is 6.29. The molecule has 3 aromatic heterocycles. The first-order valence-corrected chi connectivity index (χ1v) is 12.4. The molecule has 0 aliphatic heterocycles. The van der Waals surface area contributed by atoms with Crippen molar-refractivity contribution in [3.8, 4) is 11.4 Å². The number of nitrogens with zero attached hydrogens (tertiary/aromatic N) is 5. The Morgan fingerprint density at radius 1 is 0.906 bits per heavy atom. The fourth-order valence-corrected chi connectivity index (χ4v) is 5.88. The number of anilines is 2. The Labute approximate surface area is 191 Å². The number of hydrogen-bond donors (Lipinski definition) is 2. The summed E-state index contributed by atoms with van der Waals surface area (Å²) in [6.07, 6.45) is 4.81. The first-order valence-electron chi connectivity index (χ1n) is 9.97. The molecule has 0 saturated carbocycles. The molecule has 172 valence electrons. The van der Waals surface area contributed by atoms with Crippen molar-refractivity contribution in [1.82, 2.24) is 19.9 Å². The zero-order valence-electron chi connectivity index (χ0n) is 18.9. The van der Waals surface area contributed by atoms with Crippen LogP contribution >= 0.6 is 19.2 Å². The van der Waals surface area contributed by atoms with E-state index in [4.69, 9.17) is 9.51 Å². The minimum Gasteiger partial charge on any atom is -0.303 e. The summed E-state index contributed by atoms with van der Waals surface area (Å²) in [7, 11) is -4.96. The van der Waals surface area contributed by atoms with Gasteiger partial charge in [0.25, 0.3) is 0 Å². The maximum absolute atomic E-state index is 12.3. The molecule has 3 aromatic rings. The van der Waals surface area contributed by atoms with E-state index in [1.54, 1.807) is 29.6 Å². The van der Waals surface area contributed by atoms with Crippen LogP contribution in [0.1, 0.15) is 41.5 Å². The quantitative estimate of drug-likeness (QED) is 0.372. The van der Waals surface area contributed by atoms with Gasteiger partial charge in [-0.05, 0) is 18.2 Å². The molecule has 0 spiro atoms. The smallest absolute Gasteiger partial charge is 0.303 e. The van der Waals surface area contributed by atoms with Gasteiger partial charge in [-0.15, -0.1) is 11.3 Å². The summed E-state index contributed by atoms with van der Waals surface area (Å²) in [6, 6.07) is 7.20. The first-order chi connectivity index (χ1) is 14.8. The number of phosphoric acid groups is 1. The van der Waals surface area contributed by atoms with Crippen molar-refractivity contribution in [2.75, 3.05) is 4.90 Å². The second-order valence-corrected chi connectivity index (χ2v) is 11.3. The van der Waals surface area contributed by atoms with Crippen LogP contribution in [0, 0.1) is 10.8 Å². The van der Waals surface area contributed by atoms with Crippen LogP contribution in [0.2, 0.25) is 0 Å². The molecule has 0 unspecified atom stereocenters. The molecule has 0 amide bonds. The van der Waals surface area contributed by atoms with Crippen LogP contribution in [-0.4, -0.2) is 35.4 Å². The largest absolute Gasteiger partial charge is 0.471 e. The Kier molecular flexibility index (Phi) is 6.57. The van der Waals surface area contributed by atoms with Gasteiger partial charge in [-0.2, -0.15) is 0 Å². The summed E-state index contributed by atoms with van der Waals surface area (Å²) in [5, 5.41) is 2.26. The number of rotatable bonds is 6. The molecular weight excluding hydrogens is 449 g/mol. The molecule has 0 aliphatic rings. The maximum Gasteiger partial charge on any atom is 0.471 e. The lowest BCUT2D eigenvalue weighted by Crippen LogP contribution is -2.65. The second kappa shape index (κ2) is 8.61. The number of aromatic nitrogens is 4. The molecule has 0 aliphatic carbocycles. The van der Waals surface area contributed by atoms with E-state index >= 15 is 0 Å². The third-order valence-electron chi connectivity index (χ3n) is 4.96. The highest BCUT2D eigenvalue weighted by Crippen LogP contribution is 2.59. The fraction of sp³-hybridized carbons (Fsp3) is 0.429. The Balaban J connectivity index is 2.33. The van der Waals surface area contributed by atoms with Crippen LogP contribution in [0.4, 0.5) is 11.1 Å². The molecule has 0 radical (unpaired) electrons. The molecule has 0 bridgehead atoms. The maximum atomic E-state index is 12.3. The monoisotopic (exact) mass is 477 g/mol. The molecule has 3 rings (SSSR count). The summed E-state index contributed by atoms with van der Waals surface area (Å²) in [4.78, 5) is 39.5. The van der Waals surface area contributed by atoms with E-state index in [1.165, 1.54) is 11.3 Å². The lowest BCUT2D eigenvalue weighted by atomic mass is 9.67. The standard InChI is InChI=1S/C21H28N5O4PS/c1-19(2,3)21(20(4,5)6,30-31(27,28)29)26(17-23-12-9-13-24-17)18-25-16(14-32-18)15-10-7-8-11-22-15/h7-14H,1-6H3,(H2,27,28,29). The van der Waals surface area contributed by atoms with Crippen molar-refractivity contribution in [3.05, 3.63) is 48.2 Å². The topological polar surface area (TPSA) is 122 Å². The van der Waals surface area contributed by atoms with Gasteiger partial charge in [0.15, 0.2) is 10.9 Å². The van der Waals surface area contributed by atoms with Crippen LogP contribution in [0.3, 0.4) is 0 Å². The van der Waals surface area contributed by atoms with Gasteiger partial charge in [0, 0.05) is 34.8 Å². The molecular formula is C21H28N5O4PS. The molecule has 3 heterocycles. The highest BCUT2D eigenvalue weighted by atomic mass is 32.1. The van der Waals surface area contributed by atoms with Crippen LogP contribution in [0.5, 0.6) is 0 Å². The normalized spacial score (nSPS) is 13.2. The fourth-order valence-electron chi connectivity index (χ4n) is 4.05. The van der Waals surface area contributed by atoms with E-state index in [2.05, 4.69) is 15.0 Å².